The molecule has 0 N–H and O–H groups in total. The number of carbonyl (C=O) groups excluding carboxylic acids is 1. The first-order chi connectivity index (χ1) is 11.8. The molecule has 0 aliphatic carbocycles. The van der Waals surface area contributed by atoms with E-state index in [1.165, 1.54) is 12.0 Å². The van der Waals surface area contributed by atoms with Crippen LogP contribution in [0, 0.1) is 5.92 Å². The molecule has 1 aromatic carbocycles. The summed E-state index contributed by atoms with van der Waals surface area (Å²) in [6.07, 6.45) is 3.41. The highest BCUT2D eigenvalue weighted by Crippen LogP contribution is 2.26. The molecule has 0 bridgehead atoms. The maximum atomic E-state index is 12.4. The van der Waals surface area contributed by atoms with Crippen LogP contribution in [0.25, 0.3) is 0 Å². The molecule has 3 rings (SSSR count). The van der Waals surface area contributed by atoms with Gasteiger partial charge in [0.1, 0.15) is 5.75 Å². The van der Waals surface area contributed by atoms with Crippen molar-refractivity contribution in [1.29, 1.82) is 0 Å². The number of morpholine rings is 1. The van der Waals surface area contributed by atoms with E-state index in [9.17, 15) is 4.79 Å². The number of rotatable bonds is 5. The van der Waals surface area contributed by atoms with Crippen molar-refractivity contribution in [2.75, 3.05) is 53.0 Å². The minimum absolute atomic E-state index is 0.247. The van der Waals surface area contributed by atoms with E-state index < -0.39 is 0 Å². The molecule has 0 saturated carbocycles. The Morgan fingerprint density at radius 1 is 1.25 bits per heavy atom. The van der Waals surface area contributed by atoms with Gasteiger partial charge in [0.2, 0.25) is 5.91 Å². The van der Waals surface area contributed by atoms with Gasteiger partial charge in [-0.05, 0) is 43.4 Å². The highest BCUT2D eigenvalue weighted by molar-refractivity contribution is 5.78. The number of amides is 1. The van der Waals surface area contributed by atoms with Crippen LogP contribution < -0.4 is 4.74 Å². The van der Waals surface area contributed by atoms with Crippen molar-refractivity contribution in [2.24, 2.45) is 5.92 Å². The molecule has 1 unspecified atom stereocenters. The lowest BCUT2D eigenvalue weighted by molar-refractivity contribution is -0.136. The molecule has 2 fully saturated rings. The topological polar surface area (TPSA) is 42.0 Å². The van der Waals surface area contributed by atoms with E-state index in [2.05, 4.69) is 17.0 Å². The van der Waals surface area contributed by atoms with Crippen molar-refractivity contribution in [3.05, 3.63) is 29.8 Å². The van der Waals surface area contributed by atoms with Crippen molar-refractivity contribution in [2.45, 2.75) is 19.3 Å². The van der Waals surface area contributed by atoms with Crippen LogP contribution in [0.4, 0.5) is 0 Å². The van der Waals surface area contributed by atoms with Gasteiger partial charge in [0.15, 0.2) is 0 Å². The van der Waals surface area contributed by atoms with Crippen LogP contribution in [0.2, 0.25) is 0 Å². The Morgan fingerprint density at radius 2 is 2.04 bits per heavy atom. The van der Waals surface area contributed by atoms with Crippen LogP contribution in [0.3, 0.4) is 0 Å². The van der Waals surface area contributed by atoms with Gasteiger partial charge >= 0.3 is 0 Å². The molecule has 1 atom stereocenters. The molecule has 0 spiro atoms. The summed E-state index contributed by atoms with van der Waals surface area (Å²) in [4.78, 5) is 16.7. The third-order valence-corrected chi connectivity index (χ3v) is 5.03. The van der Waals surface area contributed by atoms with Crippen LogP contribution >= 0.6 is 0 Å². The molecule has 1 aromatic rings. The number of methoxy groups -OCH3 is 1. The molecule has 5 heteroatoms. The SMILES string of the molecule is COc1ccccc1CC1CCCN(CC(=O)N2CCOCC2)C1. The molecule has 2 saturated heterocycles. The lowest BCUT2D eigenvalue weighted by Gasteiger charge is -2.35. The Labute approximate surface area is 144 Å². The van der Waals surface area contributed by atoms with E-state index in [1.807, 2.05) is 17.0 Å². The summed E-state index contributed by atoms with van der Waals surface area (Å²) in [6, 6.07) is 8.26. The van der Waals surface area contributed by atoms with Crippen molar-refractivity contribution in [1.82, 2.24) is 9.80 Å². The highest BCUT2D eigenvalue weighted by Gasteiger charge is 2.25. The van der Waals surface area contributed by atoms with Gasteiger partial charge in [-0.2, -0.15) is 0 Å². The minimum atomic E-state index is 0.247. The number of nitrogens with zero attached hydrogens (tertiary/aromatic N) is 2. The van der Waals surface area contributed by atoms with E-state index in [0.29, 0.717) is 25.7 Å². The summed E-state index contributed by atoms with van der Waals surface area (Å²) in [5.74, 6) is 1.81. The lowest BCUT2D eigenvalue weighted by Crippen LogP contribution is -2.47. The number of para-hydroxylation sites is 1. The van der Waals surface area contributed by atoms with E-state index >= 15 is 0 Å². The maximum Gasteiger partial charge on any atom is 0.236 e. The normalized spacial score (nSPS) is 22.4. The third-order valence-electron chi connectivity index (χ3n) is 5.03. The Morgan fingerprint density at radius 3 is 2.83 bits per heavy atom. The average Bonchev–Trinajstić information content (AvgIpc) is 2.63. The number of piperidine rings is 1. The third kappa shape index (κ3) is 4.48. The van der Waals surface area contributed by atoms with Gasteiger partial charge in [0.05, 0.1) is 26.9 Å². The van der Waals surface area contributed by atoms with Crippen LogP contribution in [-0.4, -0.2) is 68.8 Å². The second-order valence-corrected chi connectivity index (χ2v) is 6.75. The molecular weight excluding hydrogens is 304 g/mol. The Kier molecular flexibility index (Phi) is 6.10. The number of hydrogen-bond donors (Lipinski definition) is 0. The van der Waals surface area contributed by atoms with Gasteiger partial charge in [0.25, 0.3) is 0 Å². The van der Waals surface area contributed by atoms with Crippen molar-refractivity contribution in [3.63, 3.8) is 0 Å². The molecule has 0 aromatic heterocycles. The Balaban J connectivity index is 1.53. The fourth-order valence-electron chi connectivity index (χ4n) is 3.75. The van der Waals surface area contributed by atoms with Crippen molar-refractivity contribution >= 4 is 5.91 Å². The summed E-state index contributed by atoms with van der Waals surface area (Å²) in [6.45, 7) is 5.37. The number of likely N-dealkylation sites (tertiary alicyclic amines) is 1. The fraction of sp³-hybridized carbons (Fsp3) is 0.632. The summed E-state index contributed by atoms with van der Waals surface area (Å²) >= 11 is 0. The predicted molar refractivity (Wildman–Crippen MR) is 93.3 cm³/mol. The van der Waals surface area contributed by atoms with Gasteiger partial charge < -0.3 is 14.4 Å². The standard InChI is InChI=1S/C19H28N2O3/c1-23-18-7-3-2-6-17(18)13-16-5-4-8-20(14-16)15-19(22)21-9-11-24-12-10-21/h2-3,6-7,16H,4-5,8-15H2,1H3. The smallest absolute Gasteiger partial charge is 0.236 e. The largest absolute Gasteiger partial charge is 0.496 e. The lowest BCUT2D eigenvalue weighted by atomic mass is 9.91. The maximum absolute atomic E-state index is 12.4. The Hall–Kier alpha value is -1.59. The van der Waals surface area contributed by atoms with Gasteiger partial charge in [-0.15, -0.1) is 0 Å². The van der Waals surface area contributed by atoms with Crippen LogP contribution in [0.15, 0.2) is 24.3 Å². The molecule has 2 aliphatic rings. The average molecular weight is 332 g/mol. The molecule has 1 amide bonds. The van der Waals surface area contributed by atoms with Crippen LogP contribution in [-0.2, 0) is 16.0 Å². The fourth-order valence-corrected chi connectivity index (χ4v) is 3.75. The molecule has 2 aliphatic heterocycles. The highest BCUT2D eigenvalue weighted by atomic mass is 16.5. The predicted octanol–water partition coefficient (Wildman–Crippen LogP) is 1.81. The van der Waals surface area contributed by atoms with Crippen LogP contribution in [0.5, 0.6) is 5.75 Å². The quantitative estimate of drug-likeness (QED) is 0.825. The van der Waals surface area contributed by atoms with Crippen molar-refractivity contribution < 1.29 is 14.3 Å². The van der Waals surface area contributed by atoms with Gasteiger partial charge in [-0.3, -0.25) is 9.69 Å². The molecule has 2 heterocycles. The van der Waals surface area contributed by atoms with Gasteiger partial charge in [-0.1, -0.05) is 18.2 Å². The molecular formula is C19H28N2O3. The summed E-state index contributed by atoms with van der Waals surface area (Å²) < 4.78 is 10.8. The number of hydrogen-bond acceptors (Lipinski definition) is 4. The van der Waals surface area contributed by atoms with Gasteiger partial charge in [0, 0.05) is 19.6 Å². The first-order valence-electron chi connectivity index (χ1n) is 8.96. The van der Waals surface area contributed by atoms with E-state index in [-0.39, 0.29) is 5.91 Å². The van der Waals surface area contributed by atoms with E-state index in [4.69, 9.17) is 9.47 Å². The zero-order chi connectivity index (χ0) is 16.8. The van der Waals surface area contributed by atoms with Gasteiger partial charge in [-0.25, -0.2) is 0 Å². The van der Waals surface area contributed by atoms with Crippen LogP contribution in [0.1, 0.15) is 18.4 Å². The number of carbonyl (C=O) groups is 1. The first-order valence-corrected chi connectivity index (χ1v) is 8.96. The summed E-state index contributed by atoms with van der Waals surface area (Å²) in [5.41, 5.74) is 1.27. The number of ether oxygens (including phenoxy) is 2. The number of benzene rings is 1. The summed E-state index contributed by atoms with van der Waals surface area (Å²) in [7, 11) is 1.73. The molecule has 132 valence electrons. The monoisotopic (exact) mass is 332 g/mol. The zero-order valence-corrected chi connectivity index (χ0v) is 14.6. The second kappa shape index (κ2) is 8.49. The van der Waals surface area contributed by atoms with Crippen molar-refractivity contribution in [3.8, 4) is 5.75 Å². The Bertz CT molecular complexity index is 543. The molecule has 0 radical (unpaired) electrons. The summed E-state index contributed by atoms with van der Waals surface area (Å²) in [5, 5.41) is 0. The van der Waals surface area contributed by atoms with E-state index in [0.717, 1.165) is 44.8 Å². The zero-order valence-electron chi connectivity index (χ0n) is 14.6. The molecule has 5 nitrogen and oxygen atoms in total. The minimum Gasteiger partial charge on any atom is -0.496 e. The second-order valence-electron chi connectivity index (χ2n) is 6.75. The van der Waals surface area contributed by atoms with E-state index in [1.54, 1.807) is 7.11 Å². The molecule has 24 heavy (non-hydrogen) atoms. The first kappa shape index (κ1) is 17.2.